The van der Waals surface area contributed by atoms with Gasteiger partial charge >= 0.3 is 14.2 Å². The lowest BCUT2D eigenvalue weighted by atomic mass is 9.75. The molecule has 2 atom stereocenters. The molecule has 1 N–H and O–H groups in total. The maximum atomic E-state index is 13.8. The molecule has 2 unspecified atom stereocenters. The minimum Gasteiger partial charge on any atom is -0.423 e. The molecule has 0 aromatic heterocycles. The molecule has 0 saturated carbocycles. The van der Waals surface area contributed by atoms with E-state index in [4.69, 9.17) is 32.9 Å². The summed E-state index contributed by atoms with van der Waals surface area (Å²) >= 11 is 0. The minimum absolute atomic E-state index is 0.00201. The third-order valence-electron chi connectivity index (χ3n) is 7.25. The predicted octanol–water partition coefficient (Wildman–Crippen LogP) is 6.08. The minimum atomic E-state index is -1.06. The lowest BCUT2D eigenvalue weighted by Gasteiger charge is -2.23. The molecule has 2 fully saturated rings. The van der Waals surface area contributed by atoms with Crippen LogP contribution in [-0.4, -0.2) is 70.3 Å². The van der Waals surface area contributed by atoms with Crippen molar-refractivity contribution in [3.05, 3.63) is 59.2 Å². The normalized spacial score (nSPS) is 18.1. The van der Waals surface area contributed by atoms with Crippen LogP contribution < -0.4 is 10.9 Å². The van der Waals surface area contributed by atoms with Gasteiger partial charge in [-0.1, -0.05) is 26.0 Å². The van der Waals surface area contributed by atoms with E-state index in [1.807, 2.05) is 41.5 Å². The van der Waals surface area contributed by atoms with E-state index in [-0.39, 0.29) is 42.8 Å². The van der Waals surface area contributed by atoms with E-state index in [1.54, 1.807) is 13.0 Å². The predicted molar refractivity (Wildman–Crippen MR) is 183 cm³/mol. The van der Waals surface area contributed by atoms with Gasteiger partial charge in [0, 0.05) is 32.0 Å². The SMILES string of the molecule is CC.CC(C)OB(OC(C)C)c1ccc(F)cc1COC1CCCCOC1.CCOB(O)c1ccc(F)cc1COC1CCCCO1. The lowest BCUT2D eigenvalue weighted by molar-refractivity contribution is -0.168. The first-order valence-corrected chi connectivity index (χ1v) is 17.3. The molecule has 0 aliphatic carbocycles. The highest BCUT2D eigenvalue weighted by Crippen LogP contribution is 2.17. The van der Waals surface area contributed by atoms with Gasteiger partial charge < -0.3 is 37.9 Å². The van der Waals surface area contributed by atoms with E-state index in [0.717, 1.165) is 56.2 Å². The number of halogens is 2. The van der Waals surface area contributed by atoms with Crippen LogP contribution in [0.2, 0.25) is 0 Å². The van der Waals surface area contributed by atoms with Gasteiger partial charge in [-0.3, -0.25) is 0 Å². The number of hydrogen-bond acceptors (Lipinski definition) is 8. The maximum absolute atomic E-state index is 13.8. The van der Waals surface area contributed by atoms with Crippen LogP contribution in [0.15, 0.2) is 36.4 Å². The first-order chi connectivity index (χ1) is 22.7. The largest absolute Gasteiger partial charge is 0.494 e. The van der Waals surface area contributed by atoms with E-state index >= 15 is 0 Å². The summed E-state index contributed by atoms with van der Waals surface area (Å²) in [6, 6.07) is 8.86. The molecular weight excluding hydrogens is 608 g/mol. The van der Waals surface area contributed by atoms with Crippen molar-refractivity contribution in [1.82, 2.24) is 0 Å². The molecule has 47 heavy (non-hydrogen) atoms. The smallest absolute Gasteiger partial charge is 0.423 e. The third kappa shape index (κ3) is 15.9. The fourth-order valence-corrected chi connectivity index (χ4v) is 5.03. The molecule has 12 heteroatoms. The summed E-state index contributed by atoms with van der Waals surface area (Å²) in [6.07, 6.45) is 5.90. The van der Waals surface area contributed by atoms with E-state index < -0.39 is 14.2 Å². The van der Waals surface area contributed by atoms with Gasteiger partial charge in [-0.15, -0.1) is 0 Å². The van der Waals surface area contributed by atoms with E-state index in [0.29, 0.717) is 37.5 Å². The van der Waals surface area contributed by atoms with Crippen molar-refractivity contribution in [3.63, 3.8) is 0 Å². The summed E-state index contributed by atoms with van der Waals surface area (Å²) in [5, 5.41) is 9.90. The van der Waals surface area contributed by atoms with Crippen LogP contribution in [0.5, 0.6) is 0 Å². The van der Waals surface area contributed by atoms with Crippen LogP contribution in [0.25, 0.3) is 0 Å². The third-order valence-corrected chi connectivity index (χ3v) is 7.25. The Hall–Kier alpha value is -1.89. The molecule has 2 heterocycles. The van der Waals surface area contributed by atoms with Gasteiger partial charge in [-0.05, 0) is 119 Å². The average Bonchev–Trinajstić information content (AvgIpc) is 3.33. The van der Waals surface area contributed by atoms with Crippen molar-refractivity contribution >= 4 is 25.2 Å². The van der Waals surface area contributed by atoms with Crippen LogP contribution in [0.1, 0.15) is 98.1 Å². The summed E-state index contributed by atoms with van der Waals surface area (Å²) in [6.45, 7) is 16.6. The molecule has 0 radical (unpaired) electrons. The van der Waals surface area contributed by atoms with E-state index in [2.05, 4.69) is 0 Å². The van der Waals surface area contributed by atoms with Gasteiger partial charge in [-0.25, -0.2) is 8.78 Å². The summed E-state index contributed by atoms with van der Waals surface area (Å²) in [7, 11) is -1.60. The van der Waals surface area contributed by atoms with Gasteiger partial charge in [0.15, 0.2) is 6.29 Å². The maximum Gasteiger partial charge on any atom is 0.494 e. The van der Waals surface area contributed by atoms with Crippen LogP contribution in [0.3, 0.4) is 0 Å². The molecule has 2 aromatic carbocycles. The van der Waals surface area contributed by atoms with Gasteiger partial charge in [0.1, 0.15) is 11.6 Å². The van der Waals surface area contributed by atoms with Gasteiger partial charge in [0.05, 0.1) is 25.9 Å². The molecular formula is C35H56B2F2O8. The Morgan fingerprint density at radius 3 is 1.98 bits per heavy atom. The molecule has 0 bridgehead atoms. The molecule has 0 amide bonds. The van der Waals surface area contributed by atoms with Crippen LogP contribution in [0, 0.1) is 11.6 Å². The molecule has 2 saturated heterocycles. The van der Waals surface area contributed by atoms with Crippen molar-refractivity contribution in [2.75, 3.05) is 26.4 Å². The highest BCUT2D eigenvalue weighted by molar-refractivity contribution is 6.62. The van der Waals surface area contributed by atoms with Gasteiger partial charge in [0.25, 0.3) is 0 Å². The number of hydrogen-bond donors (Lipinski definition) is 1. The Bertz CT molecular complexity index is 1100. The monoisotopic (exact) mass is 664 g/mol. The Morgan fingerprint density at radius 2 is 1.38 bits per heavy atom. The number of benzene rings is 2. The summed E-state index contributed by atoms with van der Waals surface area (Å²) < 4.78 is 66.8. The second kappa shape index (κ2) is 23.5. The van der Waals surface area contributed by atoms with Crippen molar-refractivity contribution in [2.45, 2.75) is 125 Å². The first kappa shape index (κ1) is 41.3. The Balaban J connectivity index is 0.000000317. The number of ether oxygens (including phenoxy) is 4. The second-order valence-corrected chi connectivity index (χ2v) is 11.8. The standard InChI is InChI=1S/C19H30BFO4.C14H20BFO4.C2H6/c1-14(2)24-20(25-15(3)4)19-9-8-17(21)11-16(19)12-23-18-7-5-6-10-22-13-18;1-2-20-15(17)13-7-6-12(16)9-11(13)10-19-14-5-3-4-8-18-14;1-2/h8-9,11,14-15,18H,5-7,10,12-13H2,1-4H3;6-7,9,14,17H,2-5,8,10H2,1H3;1-2H3. The van der Waals surface area contributed by atoms with E-state index in [1.165, 1.54) is 30.3 Å². The molecule has 0 spiro atoms. The van der Waals surface area contributed by atoms with Gasteiger partial charge in [-0.2, -0.15) is 0 Å². The summed E-state index contributed by atoms with van der Waals surface area (Å²) in [5.74, 6) is -0.645. The van der Waals surface area contributed by atoms with Crippen molar-refractivity contribution in [2.24, 2.45) is 0 Å². The lowest BCUT2D eigenvalue weighted by Crippen LogP contribution is -2.43. The second-order valence-electron chi connectivity index (χ2n) is 11.8. The Morgan fingerprint density at radius 1 is 0.809 bits per heavy atom. The molecule has 2 aromatic rings. The topological polar surface area (TPSA) is 84.8 Å². The quantitative estimate of drug-likeness (QED) is 0.244. The van der Waals surface area contributed by atoms with Crippen molar-refractivity contribution < 1.29 is 46.7 Å². The fraction of sp³-hybridized carbons (Fsp3) is 0.657. The average molecular weight is 664 g/mol. The highest BCUT2D eigenvalue weighted by atomic mass is 19.1. The number of rotatable bonds is 14. The molecule has 2 aliphatic heterocycles. The van der Waals surface area contributed by atoms with Crippen LogP contribution in [-0.2, 0) is 46.1 Å². The molecule has 2 aliphatic rings. The zero-order valence-electron chi connectivity index (χ0n) is 29.5. The van der Waals surface area contributed by atoms with Gasteiger partial charge in [0.2, 0.25) is 0 Å². The first-order valence-electron chi connectivity index (χ1n) is 17.3. The Kier molecular flexibility index (Phi) is 20.6. The highest BCUT2D eigenvalue weighted by Gasteiger charge is 2.28. The van der Waals surface area contributed by atoms with Crippen molar-refractivity contribution in [3.8, 4) is 0 Å². The van der Waals surface area contributed by atoms with Crippen molar-refractivity contribution in [1.29, 1.82) is 0 Å². The molecule has 4 rings (SSSR count). The molecule has 8 nitrogen and oxygen atoms in total. The van der Waals surface area contributed by atoms with Crippen LogP contribution in [0.4, 0.5) is 8.78 Å². The van der Waals surface area contributed by atoms with E-state index in [9.17, 15) is 13.8 Å². The summed E-state index contributed by atoms with van der Waals surface area (Å²) in [4.78, 5) is 0. The zero-order valence-corrected chi connectivity index (χ0v) is 29.5. The zero-order chi connectivity index (χ0) is 34.6. The molecule has 264 valence electrons. The fourth-order valence-electron chi connectivity index (χ4n) is 5.03. The Labute approximate surface area is 282 Å². The summed E-state index contributed by atoms with van der Waals surface area (Å²) in [5.41, 5.74) is 2.69. The van der Waals surface area contributed by atoms with Crippen LogP contribution >= 0.6 is 0 Å².